The summed E-state index contributed by atoms with van der Waals surface area (Å²) in [6.45, 7) is 2.16. The lowest BCUT2D eigenvalue weighted by Crippen LogP contribution is -2.13. The van der Waals surface area contributed by atoms with Gasteiger partial charge < -0.3 is 10.1 Å². The zero-order valence-electron chi connectivity index (χ0n) is 11.7. The summed E-state index contributed by atoms with van der Waals surface area (Å²) in [5, 5.41) is 9.66. The van der Waals surface area contributed by atoms with E-state index in [4.69, 9.17) is 12.2 Å². The summed E-state index contributed by atoms with van der Waals surface area (Å²) >= 11 is 4.76. The predicted molar refractivity (Wildman–Crippen MR) is 86.2 cm³/mol. The number of nitrogens with one attached hydrogen (secondary N) is 2. The van der Waals surface area contributed by atoms with Gasteiger partial charge in [0, 0.05) is 6.21 Å². The molecule has 110 valence electrons. The van der Waals surface area contributed by atoms with Crippen LogP contribution in [0.5, 0.6) is 5.88 Å². The van der Waals surface area contributed by atoms with Crippen LogP contribution in [-0.2, 0) is 6.42 Å². The van der Waals surface area contributed by atoms with Gasteiger partial charge in [0.15, 0.2) is 4.77 Å². The third-order valence-electron chi connectivity index (χ3n) is 3.06. The summed E-state index contributed by atoms with van der Waals surface area (Å²) in [4.78, 5) is 20.7. The Morgan fingerprint density at radius 1 is 1.29 bits per heavy atom. The molecule has 0 unspecified atom stereocenters. The monoisotopic (exact) mass is 303 g/mol. The van der Waals surface area contributed by atoms with Gasteiger partial charge in [-0.25, -0.2) is 0 Å². The quantitative estimate of drug-likeness (QED) is 0.586. The zero-order chi connectivity index (χ0) is 15.2. The van der Waals surface area contributed by atoms with Gasteiger partial charge in [0.1, 0.15) is 5.56 Å². The van der Waals surface area contributed by atoms with Crippen LogP contribution in [0.25, 0.3) is 0 Å². The minimum atomic E-state index is -0.473. The van der Waals surface area contributed by atoms with Crippen LogP contribution in [0.2, 0.25) is 0 Å². The molecule has 0 aliphatic carbocycles. The van der Waals surface area contributed by atoms with Crippen molar-refractivity contribution in [1.29, 1.82) is 0 Å². The smallest absolute Gasteiger partial charge is 0.264 e. The van der Waals surface area contributed by atoms with Gasteiger partial charge in [-0.05, 0) is 42.8 Å². The number of benzene rings is 1. The van der Waals surface area contributed by atoms with Crippen LogP contribution in [-0.4, -0.2) is 21.3 Å². The Morgan fingerprint density at radius 2 is 2.00 bits per heavy atom. The Morgan fingerprint density at radius 3 is 2.62 bits per heavy atom. The van der Waals surface area contributed by atoms with E-state index in [0.29, 0.717) is 0 Å². The molecule has 0 fully saturated rings. The van der Waals surface area contributed by atoms with E-state index < -0.39 is 5.56 Å². The second kappa shape index (κ2) is 6.99. The summed E-state index contributed by atoms with van der Waals surface area (Å²) < 4.78 is 0.0786. The average Bonchev–Trinajstić information content (AvgIpc) is 2.45. The minimum Gasteiger partial charge on any atom is -0.494 e. The molecule has 0 atom stereocenters. The number of aryl methyl sites for hydroxylation is 1. The fraction of sp³-hybridized carbons (Fsp3) is 0.267. The van der Waals surface area contributed by atoms with E-state index in [9.17, 15) is 9.90 Å². The molecule has 0 bridgehead atoms. The van der Waals surface area contributed by atoms with Crippen LogP contribution in [0.15, 0.2) is 34.1 Å². The lowest BCUT2D eigenvalue weighted by atomic mass is 10.1. The van der Waals surface area contributed by atoms with Crippen molar-refractivity contribution in [2.75, 3.05) is 0 Å². The third kappa shape index (κ3) is 4.13. The molecule has 3 N–H and O–H groups in total. The number of hydrogen-bond donors (Lipinski definition) is 3. The fourth-order valence-electron chi connectivity index (χ4n) is 1.87. The molecule has 0 spiro atoms. The lowest BCUT2D eigenvalue weighted by Gasteiger charge is -2.00. The fourth-order valence-corrected chi connectivity index (χ4v) is 2.06. The molecule has 0 aliphatic rings. The van der Waals surface area contributed by atoms with Gasteiger partial charge in [-0.1, -0.05) is 25.5 Å². The summed E-state index contributed by atoms with van der Waals surface area (Å²) in [5.74, 6) is -0.285. The molecule has 2 aromatic rings. The summed E-state index contributed by atoms with van der Waals surface area (Å²) in [6.07, 6.45) is 4.70. The maximum atomic E-state index is 11.7. The molecule has 0 saturated carbocycles. The lowest BCUT2D eigenvalue weighted by molar-refractivity contribution is 0.449. The number of unbranched alkanes of at least 4 members (excludes halogenated alkanes) is 1. The summed E-state index contributed by atoms with van der Waals surface area (Å²) in [5.41, 5.74) is 1.56. The van der Waals surface area contributed by atoms with Crippen molar-refractivity contribution in [3.8, 4) is 5.88 Å². The molecule has 2 rings (SSSR count). The minimum absolute atomic E-state index is 0.0543. The van der Waals surface area contributed by atoms with E-state index in [2.05, 4.69) is 21.9 Å². The molecular formula is C15H17N3O2S. The molecule has 21 heavy (non-hydrogen) atoms. The van der Waals surface area contributed by atoms with Gasteiger partial charge >= 0.3 is 0 Å². The second-order valence-electron chi connectivity index (χ2n) is 4.70. The highest BCUT2D eigenvalue weighted by atomic mass is 32.1. The van der Waals surface area contributed by atoms with Crippen molar-refractivity contribution >= 4 is 24.1 Å². The van der Waals surface area contributed by atoms with Gasteiger partial charge in [0.05, 0.1) is 5.69 Å². The van der Waals surface area contributed by atoms with E-state index in [-0.39, 0.29) is 16.2 Å². The first-order chi connectivity index (χ1) is 10.1. The Hall–Kier alpha value is -2.21. The van der Waals surface area contributed by atoms with Crippen LogP contribution in [0.3, 0.4) is 0 Å². The van der Waals surface area contributed by atoms with Crippen LogP contribution in [0.4, 0.5) is 5.69 Å². The Balaban J connectivity index is 2.18. The highest BCUT2D eigenvalue weighted by molar-refractivity contribution is 7.71. The number of H-pyrrole nitrogens is 2. The second-order valence-corrected chi connectivity index (χ2v) is 5.11. The van der Waals surface area contributed by atoms with Crippen molar-refractivity contribution in [3.63, 3.8) is 0 Å². The SMILES string of the molecule is CCCCc1ccc(N=Cc2c(O)[nH]c(=S)[nH]c2=O)cc1. The first kappa shape index (κ1) is 15.2. The van der Waals surface area contributed by atoms with Crippen molar-refractivity contribution in [2.45, 2.75) is 26.2 Å². The van der Waals surface area contributed by atoms with Crippen molar-refractivity contribution in [2.24, 2.45) is 4.99 Å². The third-order valence-corrected chi connectivity index (χ3v) is 3.26. The van der Waals surface area contributed by atoms with E-state index >= 15 is 0 Å². The Kier molecular flexibility index (Phi) is 5.05. The highest BCUT2D eigenvalue weighted by Gasteiger charge is 2.04. The van der Waals surface area contributed by atoms with Gasteiger partial charge in [0.2, 0.25) is 5.88 Å². The van der Waals surface area contributed by atoms with Gasteiger partial charge in [-0.15, -0.1) is 0 Å². The zero-order valence-corrected chi connectivity index (χ0v) is 12.5. The molecule has 1 heterocycles. The first-order valence-corrected chi connectivity index (χ1v) is 7.19. The Bertz CT molecular complexity index is 745. The maximum Gasteiger partial charge on any atom is 0.264 e. The van der Waals surface area contributed by atoms with Crippen molar-refractivity contribution < 1.29 is 5.11 Å². The van der Waals surface area contributed by atoms with Gasteiger partial charge in [-0.2, -0.15) is 0 Å². The van der Waals surface area contributed by atoms with E-state index in [1.807, 2.05) is 24.3 Å². The number of aromatic amines is 2. The number of nitrogens with zero attached hydrogens (tertiary/aromatic N) is 1. The summed E-state index contributed by atoms with van der Waals surface area (Å²) in [7, 11) is 0. The highest BCUT2D eigenvalue weighted by Crippen LogP contribution is 2.15. The number of rotatable bonds is 5. The molecule has 1 aromatic carbocycles. The number of aliphatic imine (C=N–C) groups is 1. The first-order valence-electron chi connectivity index (χ1n) is 6.78. The summed E-state index contributed by atoms with van der Waals surface area (Å²) in [6, 6.07) is 7.81. The molecule has 0 amide bonds. The van der Waals surface area contributed by atoms with Gasteiger partial charge in [-0.3, -0.25) is 14.8 Å². The number of hydrogen-bond acceptors (Lipinski definition) is 4. The number of aromatic hydroxyl groups is 1. The molecule has 5 nitrogen and oxygen atoms in total. The average molecular weight is 303 g/mol. The largest absolute Gasteiger partial charge is 0.494 e. The molecule has 0 aliphatic heterocycles. The van der Waals surface area contributed by atoms with Crippen LogP contribution in [0, 0.1) is 4.77 Å². The van der Waals surface area contributed by atoms with E-state index in [0.717, 1.165) is 24.9 Å². The van der Waals surface area contributed by atoms with E-state index in [1.54, 1.807) is 0 Å². The predicted octanol–water partition coefficient (Wildman–Crippen LogP) is 3.23. The Labute approximate surface area is 127 Å². The van der Waals surface area contributed by atoms with Crippen molar-refractivity contribution in [3.05, 3.63) is 50.5 Å². The van der Waals surface area contributed by atoms with Crippen LogP contribution in [0.1, 0.15) is 30.9 Å². The van der Waals surface area contributed by atoms with Gasteiger partial charge in [0.25, 0.3) is 5.56 Å². The standard InChI is InChI=1S/C15H17N3O2S/c1-2-3-4-10-5-7-11(8-6-10)16-9-12-13(19)17-15(21)18-14(12)20/h5-9H,2-4H2,1H3,(H3,17,18,19,20,21). The topological polar surface area (TPSA) is 81.2 Å². The normalized spacial score (nSPS) is 11.1. The van der Waals surface area contributed by atoms with Crippen LogP contribution >= 0.6 is 12.2 Å². The molecule has 0 radical (unpaired) electrons. The molecule has 1 aromatic heterocycles. The number of aromatic nitrogens is 2. The van der Waals surface area contributed by atoms with Crippen LogP contribution < -0.4 is 5.56 Å². The van der Waals surface area contributed by atoms with Crippen molar-refractivity contribution in [1.82, 2.24) is 9.97 Å². The molecule has 6 heteroatoms. The molecular weight excluding hydrogens is 286 g/mol. The van der Waals surface area contributed by atoms with E-state index in [1.165, 1.54) is 11.8 Å². The maximum absolute atomic E-state index is 11.7. The molecule has 0 saturated heterocycles.